The second-order valence-corrected chi connectivity index (χ2v) is 6.30. The minimum absolute atomic E-state index is 0.0113. The quantitative estimate of drug-likeness (QED) is 0.854. The van der Waals surface area contributed by atoms with Gasteiger partial charge in [0.05, 0.1) is 6.33 Å². The Bertz CT molecular complexity index is 806. The van der Waals surface area contributed by atoms with E-state index in [1.165, 1.54) is 0 Å². The maximum absolute atomic E-state index is 12.5. The largest absolute Gasteiger partial charge is 0.489 e. The zero-order chi connectivity index (χ0) is 17.8. The molecule has 1 aliphatic heterocycles. The van der Waals surface area contributed by atoms with Crippen molar-refractivity contribution in [2.45, 2.75) is 13.1 Å². The minimum Gasteiger partial charge on any atom is -0.489 e. The molecule has 0 bridgehead atoms. The molecule has 130 valence electrons. The molecule has 0 atom stereocenters. The van der Waals surface area contributed by atoms with E-state index < -0.39 is 0 Å². The predicted octanol–water partition coefficient (Wildman–Crippen LogP) is 3.69. The van der Waals surface area contributed by atoms with E-state index in [4.69, 9.17) is 22.1 Å². The number of amides is 1. The van der Waals surface area contributed by atoms with Crippen LogP contribution in [0.2, 0.25) is 5.02 Å². The Balaban J connectivity index is 1.69. The van der Waals surface area contributed by atoms with Crippen molar-refractivity contribution < 1.29 is 13.9 Å². The predicted molar refractivity (Wildman–Crippen MR) is 95.2 cm³/mol. The number of nitrogens with zero attached hydrogens (tertiary/aromatic N) is 1. The molecular weight excluding hydrogens is 343 g/mol. The maximum atomic E-state index is 12.5. The van der Waals surface area contributed by atoms with Crippen molar-refractivity contribution in [3.63, 3.8) is 0 Å². The lowest BCUT2D eigenvalue weighted by Crippen LogP contribution is -2.23. The summed E-state index contributed by atoms with van der Waals surface area (Å²) in [4.78, 5) is 14.3. The molecule has 0 fully saturated rings. The van der Waals surface area contributed by atoms with Gasteiger partial charge in [0.2, 0.25) is 0 Å². The summed E-state index contributed by atoms with van der Waals surface area (Å²) in [5, 5.41) is 0.667. The summed E-state index contributed by atoms with van der Waals surface area (Å²) in [5.74, 6) is 0.579. The van der Waals surface area contributed by atoms with Crippen LogP contribution in [0, 0.1) is 0 Å². The number of halogens is 2. The van der Waals surface area contributed by atoms with Crippen LogP contribution in [-0.4, -0.2) is 24.0 Å². The van der Waals surface area contributed by atoms with Crippen molar-refractivity contribution in [2.75, 3.05) is 13.2 Å². The summed E-state index contributed by atoms with van der Waals surface area (Å²) >= 11 is 5.89. The van der Waals surface area contributed by atoms with Crippen LogP contribution in [-0.2, 0) is 13.1 Å². The van der Waals surface area contributed by atoms with Gasteiger partial charge in [0.1, 0.15) is 12.4 Å². The van der Waals surface area contributed by atoms with Crippen molar-refractivity contribution in [3.8, 4) is 5.75 Å². The van der Waals surface area contributed by atoms with Gasteiger partial charge in [-0.15, -0.1) is 0 Å². The van der Waals surface area contributed by atoms with Gasteiger partial charge >= 0.3 is 0 Å². The zero-order valence-electron chi connectivity index (χ0n) is 13.5. The van der Waals surface area contributed by atoms with Crippen molar-refractivity contribution in [3.05, 3.63) is 76.1 Å². The molecule has 0 aliphatic carbocycles. The number of hydrogen-bond donors (Lipinski definition) is 1. The molecule has 1 aliphatic rings. The number of carbonyl (C=O) groups is 1. The summed E-state index contributed by atoms with van der Waals surface area (Å²) in [6, 6.07) is 12.7. The highest BCUT2D eigenvalue weighted by Gasteiger charge is 2.27. The molecule has 0 aromatic heterocycles. The topological polar surface area (TPSA) is 55.6 Å². The standard InChI is InChI=1S/C19H18ClFN2O2/c20-16-3-1-13(2-4-16)10-23-11-15-7-17(5-6-18(15)19(23)24)25-12-14(8-21)9-22/h1-8H,9-12,22H2. The SMILES string of the molecule is NCC(=CF)COc1ccc2c(c1)CN(Cc1ccc(Cl)cc1)C2=O. The molecule has 2 aromatic carbocycles. The number of benzene rings is 2. The Morgan fingerprint density at radius 1 is 1.28 bits per heavy atom. The highest BCUT2D eigenvalue weighted by Crippen LogP contribution is 2.28. The molecule has 4 nitrogen and oxygen atoms in total. The van der Waals surface area contributed by atoms with Gasteiger partial charge in [-0.05, 0) is 41.5 Å². The smallest absolute Gasteiger partial charge is 0.254 e. The van der Waals surface area contributed by atoms with Gasteiger partial charge in [-0.3, -0.25) is 4.79 Å². The number of fused-ring (bicyclic) bond motifs is 1. The second kappa shape index (κ2) is 7.68. The molecule has 0 spiro atoms. The number of nitrogens with two attached hydrogens (primary N) is 1. The van der Waals surface area contributed by atoms with Crippen LogP contribution in [0.3, 0.4) is 0 Å². The second-order valence-electron chi connectivity index (χ2n) is 5.87. The van der Waals surface area contributed by atoms with Gasteiger partial charge in [0.25, 0.3) is 5.91 Å². The van der Waals surface area contributed by atoms with E-state index in [1.54, 1.807) is 17.0 Å². The first-order chi connectivity index (χ1) is 12.1. The number of hydrogen-bond acceptors (Lipinski definition) is 3. The summed E-state index contributed by atoms with van der Waals surface area (Å²) < 4.78 is 18.1. The van der Waals surface area contributed by atoms with Gasteiger partial charge in [0.15, 0.2) is 0 Å². The fourth-order valence-electron chi connectivity index (χ4n) is 2.70. The van der Waals surface area contributed by atoms with Gasteiger partial charge in [-0.25, -0.2) is 4.39 Å². The van der Waals surface area contributed by atoms with E-state index in [9.17, 15) is 9.18 Å². The van der Waals surface area contributed by atoms with Gasteiger partial charge < -0.3 is 15.4 Å². The zero-order valence-corrected chi connectivity index (χ0v) is 14.3. The lowest BCUT2D eigenvalue weighted by atomic mass is 10.1. The van der Waals surface area contributed by atoms with Crippen molar-refractivity contribution in [2.24, 2.45) is 5.73 Å². The van der Waals surface area contributed by atoms with E-state index in [2.05, 4.69) is 0 Å². The Morgan fingerprint density at radius 2 is 2.04 bits per heavy atom. The molecular formula is C19H18ClFN2O2. The molecule has 0 unspecified atom stereocenters. The number of ether oxygens (including phenoxy) is 1. The molecule has 6 heteroatoms. The maximum Gasteiger partial charge on any atom is 0.254 e. The van der Waals surface area contributed by atoms with Gasteiger partial charge in [-0.2, -0.15) is 0 Å². The molecule has 25 heavy (non-hydrogen) atoms. The lowest BCUT2D eigenvalue weighted by Gasteiger charge is -2.15. The van der Waals surface area contributed by atoms with Gasteiger partial charge in [-0.1, -0.05) is 23.7 Å². The van der Waals surface area contributed by atoms with Crippen LogP contribution < -0.4 is 10.5 Å². The Hall–Kier alpha value is -2.37. The lowest BCUT2D eigenvalue weighted by molar-refractivity contribution is 0.0766. The first-order valence-electron chi connectivity index (χ1n) is 7.88. The highest BCUT2D eigenvalue weighted by molar-refractivity contribution is 6.30. The molecule has 1 amide bonds. The molecule has 1 heterocycles. The van der Waals surface area contributed by atoms with E-state index in [0.717, 1.165) is 11.1 Å². The van der Waals surface area contributed by atoms with E-state index in [1.807, 2.05) is 30.3 Å². The highest BCUT2D eigenvalue weighted by atomic mass is 35.5. The van der Waals surface area contributed by atoms with Crippen LogP contribution in [0.25, 0.3) is 0 Å². The third-order valence-electron chi connectivity index (χ3n) is 4.08. The summed E-state index contributed by atoms with van der Waals surface area (Å²) in [6.45, 7) is 1.22. The normalized spacial score (nSPS) is 14.0. The molecule has 0 radical (unpaired) electrons. The fraction of sp³-hybridized carbons (Fsp3) is 0.211. The van der Waals surface area contributed by atoms with Crippen LogP contribution >= 0.6 is 11.6 Å². The summed E-state index contributed by atoms with van der Waals surface area (Å²) in [5.41, 5.74) is 8.37. The van der Waals surface area contributed by atoms with Crippen molar-refractivity contribution >= 4 is 17.5 Å². The summed E-state index contributed by atoms with van der Waals surface area (Å²) in [7, 11) is 0. The molecule has 0 saturated carbocycles. The fourth-order valence-corrected chi connectivity index (χ4v) is 2.82. The van der Waals surface area contributed by atoms with Crippen LogP contribution in [0.15, 0.2) is 54.4 Å². The average Bonchev–Trinajstić information content (AvgIpc) is 2.93. The van der Waals surface area contributed by atoms with Crippen molar-refractivity contribution in [1.82, 2.24) is 4.90 Å². The Kier molecular flexibility index (Phi) is 5.36. The third-order valence-corrected chi connectivity index (χ3v) is 4.33. The van der Waals surface area contributed by atoms with Crippen LogP contribution in [0.4, 0.5) is 4.39 Å². The molecule has 2 aromatic rings. The first kappa shape index (κ1) is 17.5. The monoisotopic (exact) mass is 360 g/mol. The Labute approximate surface area is 150 Å². The van der Waals surface area contributed by atoms with E-state index in [0.29, 0.717) is 41.3 Å². The Morgan fingerprint density at radius 3 is 2.72 bits per heavy atom. The average molecular weight is 361 g/mol. The minimum atomic E-state index is -0.0113. The first-order valence-corrected chi connectivity index (χ1v) is 8.26. The summed E-state index contributed by atoms with van der Waals surface area (Å²) in [6.07, 6.45) is 0.463. The van der Waals surface area contributed by atoms with Crippen molar-refractivity contribution in [1.29, 1.82) is 0 Å². The molecule has 3 rings (SSSR count). The van der Waals surface area contributed by atoms with E-state index in [-0.39, 0.29) is 19.1 Å². The molecule has 2 N–H and O–H groups in total. The van der Waals surface area contributed by atoms with Gasteiger partial charge in [0, 0.05) is 35.8 Å². The third kappa shape index (κ3) is 4.00. The molecule has 0 saturated heterocycles. The van der Waals surface area contributed by atoms with Crippen LogP contribution in [0.5, 0.6) is 5.75 Å². The number of carbonyl (C=O) groups excluding carboxylic acids is 1. The number of rotatable bonds is 6. The van der Waals surface area contributed by atoms with E-state index >= 15 is 0 Å². The van der Waals surface area contributed by atoms with Crippen LogP contribution in [0.1, 0.15) is 21.5 Å².